The van der Waals surface area contributed by atoms with Gasteiger partial charge in [0.15, 0.2) is 0 Å². The molecule has 0 radical (unpaired) electrons. The Morgan fingerprint density at radius 2 is 1.95 bits per heavy atom. The summed E-state index contributed by atoms with van der Waals surface area (Å²) in [6, 6.07) is -0.0324. The molecule has 0 spiro atoms. The van der Waals surface area contributed by atoms with Crippen LogP contribution in [0, 0.1) is 0 Å². The van der Waals surface area contributed by atoms with E-state index in [2.05, 4.69) is 5.32 Å². The van der Waals surface area contributed by atoms with Crippen molar-refractivity contribution in [3.05, 3.63) is 0 Å². The first kappa shape index (κ1) is 15.7. The topological polar surface area (TPSA) is 87.9 Å². The molecular formula is C12H24N4O3. The Labute approximate surface area is 114 Å². The van der Waals surface area contributed by atoms with Crippen molar-refractivity contribution in [2.75, 3.05) is 47.4 Å². The lowest BCUT2D eigenvalue weighted by Crippen LogP contribution is -2.62. The lowest BCUT2D eigenvalue weighted by Gasteiger charge is -2.40. The molecule has 1 saturated heterocycles. The number of urea groups is 1. The smallest absolute Gasteiger partial charge is 0.319 e. The van der Waals surface area contributed by atoms with Crippen LogP contribution >= 0.6 is 0 Å². The molecule has 3 N–H and O–H groups in total. The van der Waals surface area contributed by atoms with Gasteiger partial charge in [-0.2, -0.15) is 0 Å². The van der Waals surface area contributed by atoms with Crippen LogP contribution in [0.3, 0.4) is 0 Å². The predicted molar refractivity (Wildman–Crippen MR) is 71.7 cm³/mol. The van der Waals surface area contributed by atoms with Crippen molar-refractivity contribution in [2.45, 2.75) is 18.4 Å². The van der Waals surface area contributed by atoms with Crippen molar-refractivity contribution in [3.8, 4) is 0 Å². The molecule has 0 unspecified atom stereocenters. The van der Waals surface area contributed by atoms with Gasteiger partial charge < -0.3 is 25.6 Å². The van der Waals surface area contributed by atoms with Gasteiger partial charge in [-0.25, -0.2) is 4.79 Å². The number of carbonyl (C=O) groups is 2. The first-order valence-corrected chi connectivity index (χ1v) is 6.43. The van der Waals surface area contributed by atoms with Gasteiger partial charge in [0.25, 0.3) is 0 Å². The van der Waals surface area contributed by atoms with Crippen LogP contribution in [0.5, 0.6) is 0 Å². The largest absolute Gasteiger partial charge is 0.383 e. The van der Waals surface area contributed by atoms with E-state index in [1.807, 2.05) is 0 Å². The zero-order valence-electron chi connectivity index (χ0n) is 11.9. The van der Waals surface area contributed by atoms with Gasteiger partial charge in [-0.1, -0.05) is 0 Å². The number of amides is 3. The average molecular weight is 272 g/mol. The molecule has 0 saturated carbocycles. The van der Waals surface area contributed by atoms with E-state index in [0.29, 0.717) is 39.1 Å². The lowest BCUT2D eigenvalue weighted by atomic mass is 9.86. The van der Waals surface area contributed by atoms with Gasteiger partial charge in [-0.3, -0.25) is 4.79 Å². The zero-order valence-corrected chi connectivity index (χ0v) is 11.9. The summed E-state index contributed by atoms with van der Waals surface area (Å²) in [7, 11) is 5.04. The van der Waals surface area contributed by atoms with E-state index in [0.717, 1.165) is 0 Å². The number of ether oxygens (including phenoxy) is 1. The summed E-state index contributed by atoms with van der Waals surface area (Å²) in [6.07, 6.45) is 1.07. The van der Waals surface area contributed by atoms with Crippen LogP contribution in [0.1, 0.15) is 12.8 Å². The number of piperidine rings is 1. The number of methoxy groups -OCH3 is 1. The molecule has 7 heteroatoms. The van der Waals surface area contributed by atoms with E-state index in [9.17, 15) is 9.59 Å². The molecule has 0 aromatic carbocycles. The van der Waals surface area contributed by atoms with E-state index < -0.39 is 5.54 Å². The minimum Gasteiger partial charge on any atom is -0.383 e. The molecule has 0 aromatic heterocycles. The molecule has 0 atom stereocenters. The number of primary amides is 1. The fourth-order valence-corrected chi connectivity index (χ4v) is 2.27. The van der Waals surface area contributed by atoms with Gasteiger partial charge >= 0.3 is 6.03 Å². The third kappa shape index (κ3) is 3.81. The summed E-state index contributed by atoms with van der Waals surface area (Å²) in [6.45, 7) is 2.15. The number of likely N-dealkylation sites (tertiary alicyclic amines) is 1. The Hall–Kier alpha value is -1.34. The minimum atomic E-state index is -0.721. The molecule has 1 aliphatic heterocycles. The van der Waals surface area contributed by atoms with Crippen molar-refractivity contribution in [2.24, 2.45) is 5.73 Å². The van der Waals surface area contributed by atoms with Crippen molar-refractivity contribution in [1.29, 1.82) is 0 Å². The van der Waals surface area contributed by atoms with Gasteiger partial charge in [-0.05, 0) is 12.8 Å². The van der Waals surface area contributed by atoms with Gasteiger partial charge in [0.2, 0.25) is 5.91 Å². The lowest BCUT2D eigenvalue weighted by molar-refractivity contribution is -0.126. The molecule has 1 fully saturated rings. The van der Waals surface area contributed by atoms with Crippen molar-refractivity contribution in [3.63, 3.8) is 0 Å². The molecule has 19 heavy (non-hydrogen) atoms. The Morgan fingerprint density at radius 1 is 1.37 bits per heavy atom. The first-order valence-electron chi connectivity index (χ1n) is 6.43. The highest BCUT2D eigenvalue weighted by molar-refractivity contribution is 5.85. The quantitative estimate of drug-likeness (QED) is 0.643. The maximum absolute atomic E-state index is 11.8. The van der Waals surface area contributed by atoms with Gasteiger partial charge in [0.1, 0.15) is 5.54 Å². The van der Waals surface area contributed by atoms with Crippen LogP contribution in [-0.2, 0) is 9.53 Å². The zero-order chi connectivity index (χ0) is 14.5. The summed E-state index contributed by atoms with van der Waals surface area (Å²) >= 11 is 0. The third-order valence-corrected chi connectivity index (χ3v) is 3.51. The Morgan fingerprint density at radius 3 is 2.37 bits per heavy atom. The van der Waals surface area contributed by atoms with Crippen LogP contribution in [-0.4, -0.2) is 74.7 Å². The number of hydrogen-bond donors (Lipinski definition) is 2. The average Bonchev–Trinajstić information content (AvgIpc) is 2.38. The number of hydrogen-bond acceptors (Lipinski definition) is 4. The van der Waals surface area contributed by atoms with Gasteiger partial charge in [0.05, 0.1) is 6.61 Å². The maximum Gasteiger partial charge on any atom is 0.319 e. The number of carbonyl (C=O) groups excluding carboxylic acids is 2. The molecule has 1 aliphatic rings. The van der Waals surface area contributed by atoms with Crippen molar-refractivity contribution in [1.82, 2.24) is 15.1 Å². The summed E-state index contributed by atoms with van der Waals surface area (Å²) in [5.41, 5.74) is 4.79. The molecular weight excluding hydrogens is 248 g/mol. The predicted octanol–water partition coefficient (Wildman–Crippen LogP) is -0.776. The molecule has 1 heterocycles. The van der Waals surface area contributed by atoms with E-state index >= 15 is 0 Å². The normalized spacial score (nSPS) is 18.2. The second kappa shape index (κ2) is 6.72. The van der Waals surface area contributed by atoms with E-state index in [1.165, 1.54) is 4.90 Å². The van der Waals surface area contributed by atoms with Crippen LogP contribution < -0.4 is 11.1 Å². The number of nitrogens with zero attached hydrogens (tertiary/aromatic N) is 2. The Kier molecular flexibility index (Phi) is 5.56. The number of rotatable bonds is 5. The van der Waals surface area contributed by atoms with E-state index in [-0.39, 0.29) is 11.9 Å². The summed E-state index contributed by atoms with van der Waals surface area (Å²) < 4.78 is 4.96. The van der Waals surface area contributed by atoms with Gasteiger partial charge in [0, 0.05) is 40.8 Å². The third-order valence-electron chi connectivity index (χ3n) is 3.51. The summed E-state index contributed by atoms with van der Waals surface area (Å²) in [4.78, 5) is 26.8. The number of nitrogens with two attached hydrogens (primary N) is 1. The second-order valence-electron chi connectivity index (χ2n) is 5.03. The highest BCUT2D eigenvalue weighted by Crippen LogP contribution is 2.22. The summed E-state index contributed by atoms with van der Waals surface area (Å²) in [5, 5.41) is 3.17. The number of nitrogens with one attached hydrogen (secondary N) is 1. The van der Waals surface area contributed by atoms with Gasteiger partial charge in [-0.15, -0.1) is 0 Å². The van der Waals surface area contributed by atoms with Crippen LogP contribution in [0.2, 0.25) is 0 Å². The van der Waals surface area contributed by atoms with Crippen molar-refractivity contribution >= 4 is 11.9 Å². The highest BCUT2D eigenvalue weighted by Gasteiger charge is 2.40. The molecule has 110 valence electrons. The molecule has 3 amide bonds. The monoisotopic (exact) mass is 272 g/mol. The fourth-order valence-electron chi connectivity index (χ4n) is 2.27. The molecule has 7 nitrogen and oxygen atoms in total. The standard InChI is InChI=1S/C12H24N4O3/c1-15(2)11(18)16-7-4-12(5-8-16,10(13)17)14-6-9-19-3/h14H,4-9H2,1-3H3,(H2,13,17). The maximum atomic E-state index is 11.8. The second-order valence-corrected chi connectivity index (χ2v) is 5.03. The van der Waals surface area contributed by atoms with Crippen molar-refractivity contribution < 1.29 is 14.3 Å². The summed E-state index contributed by atoms with van der Waals surface area (Å²) in [5.74, 6) is -0.361. The SMILES string of the molecule is COCCNC1(C(N)=O)CCN(C(=O)N(C)C)CC1. The van der Waals surface area contributed by atoms with Crippen LogP contribution in [0.15, 0.2) is 0 Å². The molecule has 0 aromatic rings. The Bertz CT molecular complexity index is 325. The van der Waals surface area contributed by atoms with Crippen LogP contribution in [0.4, 0.5) is 4.79 Å². The Balaban J connectivity index is 2.59. The molecule has 1 rings (SSSR count). The minimum absolute atomic E-state index is 0.0324. The first-order chi connectivity index (χ1) is 8.93. The fraction of sp³-hybridized carbons (Fsp3) is 0.833. The van der Waals surface area contributed by atoms with E-state index in [4.69, 9.17) is 10.5 Å². The van der Waals surface area contributed by atoms with Crippen LogP contribution in [0.25, 0.3) is 0 Å². The molecule has 0 bridgehead atoms. The highest BCUT2D eigenvalue weighted by atomic mass is 16.5. The molecule has 0 aliphatic carbocycles. The van der Waals surface area contributed by atoms with E-state index in [1.54, 1.807) is 26.1 Å².